The highest BCUT2D eigenvalue weighted by molar-refractivity contribution is 4.99. The molecule has 0 aromatic carbocycles. The van der Waals surface area contributed by atoms with Gasteiger partial charge in [-0.2, -0.15) is 0 Å². The molecule has 68 valence electrons. The Bertz CT molecular complexity index is 193. The van der Waals surface area contributed by atoms with Gasteiger partial charge < -0.3 is 5.32 Å². The Morgan fingerprint density at radius 1 is 1.25 bits per heavy atom. The van der Waals surface area contributed by atoms with Crippen molar-refractivity contribution in [2.24, 2.45) is 0 Å². The van der Waals surface area contributed by atoms with Crippen molar-refractivity contribution in [1.82, 2.24) is 15.3 Å². The molecule has 1 aromatic rings. The van der Waals surface area contributed by atoms with Crippen molar-refractivity contribution in [3.8, 4) is 0 Å². The molecule has 3 heteroatoms. The van der Waals surface area contributed by atoms with E-state index >= 15 is 0 Å². The van der Waals surface area contributed by atoms with E-state index in [0.717, 1.165) is 17.9 Å². The molecule has 0 unspecified atom stereocenters. The van der Waals surface area contributed by atoms with Gasteiger partial charge in [0.05, 0.1) is 11.4 Å². The fraction of sp³-hybridized carbons (Fsp3) is 0.556. The second-order valence-corrected chi connectivity index (χ2v) is 2.18. The van der Waals surface area contributed by atoms with Gasteiger partial charge in [0.1, 0.15) is 0 Å². The summed E-state index contributed by atoms with van der Waals surface area (Å²) in [5.41, 5.74) is 1.94. The fourth-order valence-electron chi connectivity index (χ4n) is 0.692. The smallest absolute Gasteiger partial charge is 0.0724 e. The number of hydrogen-bond acceptors (Lipinski definition) is 3. The predicted octanol–water partition coefficient (Wildman–Crippen LogP) is 1.53. The molecule has 0 spiro atoms. The molecule has 0 saturated carbocycles. The third-order valence-corrected chi connectivity index (χ3v) is 1.19. The number of rotatable bonds is 2. The van der Waals surface area contributed by atoms with Gasteiger partial charge in [0.15, 0.2) is 0 Å². The SMILES string of the molecule is CC.CNCc1cnc(C)cn1. The second kappa shape index (κ2) is 6.73. The average molecular weight is 167 g/mol. The third kappa shape index (κ3) is 4.03. The van der Waals surface area contributed by atoms with Crippen molar-refractivity contribution >= 4 is 0 Å². The topological polar surface area (TPSA) is 37.8 Å². The molecule has 0 fully saturated rings. The first-order chi connectivity index (χ1) is 5.83. The summed E-state index contributed by atoms with van der Waals surface area (Å²) in [4.78, 5) is 8.24. The van der Waals surface area contributed by atoms with Gasteiger partial charge in [-0.15, -0.1) is 0 Å². The van der Waals surface area contributed by atoms with Gasteiger partial charge in [-0.25, -0.2) is 0 Å². The van der Waals surface area contributed by atoms with E-state index in [4.69, 9.17) is 0 Å². The lowest BCUT2D eigenvalue weighted by Crippen LogP contribution is -2.07. The Morgan fingerprint density at radius 2 is 1.92 bits per heavy atom. The first-order valence-electron chi connectivity index (χ1n) is 4.25. The van der Waals surface area contributed by atoms with Crippen LogP contribution in [0.3, 0.4) is 0 Å². The molecular weight excluding hydrogens is 150 g/mol. The summed E-state index contributed by atoms with van der Waals surface area (Å²) < 4.78 is 0. The second-order valence-electron chi connectivity index (χ2n) is 2.18. The van der Waals surface area contributed by atoms with Crippen LogP contribution < -0.4 is 5.32 Å². The molecule has 0 radical (unpaired) electrons. The largest absolute Gasteiger partial charge is 0.314 e. The molecule has 1 aromatic heterocycles. The first-order valence-corrected chi connectivity index (χ1v) is 4.25. The highest BCUT2D eigenvalue weighted by Gasteiger charge is 1.90. The maximum atomic E-state index is 4.14. The van der Waals surface area contributed by atoms with Crippen LogP contribution in [0.4, 0.5) is 0 Å². The van der Waals surface area contributed by atoms with Gasteiger partial charge in [0.25, 0.3) is 0 Å². The molecule has 0 amide bonds. The lowest BCUT2D eigenvalue weighted by Gasteiger charge is -1.96. The van der Waals surface area contributed by atoms with Crippen LogP contribution in [0.1, 0.15) is 25.2 Å². The molecule has 0 aliphatic heterocycles. The molecule has 1 rings (SSSR count). The van der Waals surface area contributed by atoms with Gasteiger partial charge in [0.2, 0.25) is 0 Å². The average Bonchev–Trinajstić information content (AvgIpc) is 2.13. The van der Waals surface area contributed by atoms with Gasteiger partial charge in [-0.05, 0) is 14.0 Å². The van der Waals surface area contributed by atoms with E-state index < -0.39 is 0 Å². The highest BCUT2D eigenvalue weighted by atomic mass is 14.9. The quantitative estimate of drug-likeness (QED) is 0.726. The molecule has 1 N–H and O–H groups in total. The van der Waals surface area contributed by atoms with E-state index in [1.165, 1.54) is 0 Å². The summed E-state index contributed by atoms with van der Waals surface area (Å²) in [5, 5.41) is 3.00. The van der Waals surface area contributed by atoms with Crippen molar-refractivity contribution < 1.29 is 0 Å². The third-order valence-electron chi connectivity index (χ3n) is 1.19. The fourth-order valence-corrected chi connectivity index (χ4v) is 0.692. The summed E-state index contributed by atoms with van der Waals surface area (Å²) in [6.07, 6.45) is 3.55. The predicted molar refractivity (Wildman–Crippen MR) is 50.9 cm³/mol. The minimum Gasteiger partial charge on any atom is -0.314 e. The molecule has 12 heavy (non-hydrogen) atoms. The normalized spacial score (nSPS) is 8.67. The molecular formula is C9H17N3. The lowest BCUT2D eigenvalue weighted by molar-refractivity contribution is 0.781. The molecule has 0 aliphatic carbocycles. The zero-order valence-corrected chi connectivity index (χ0v) is 8.26. The molecule has 3 nitrogen and oxygen atoms in total. The van der Waals surface area contributed by atoms with E-state index in [2.05, 4.69) is 15.3 Å². The Hall–Kier alpha value is -0.960. The van der Waals surface area contributed by atoms with Crippen LogP contribution in [0, 0.1) is 6.92 Å². The molecule has 0 bridgehead atoms. The van der Waals surface area contributed by atoms with E-state index in [1.54, 1.807) is 12.4 Å². The van der Waals surface area contributed by atoms with E-state index in [9.17, 15) is 0 Å². The van der Waals surface area contributed by atoms with Gasteiger partial charge in [-0.1, -0.05) is 13.8 Å². The maximum absolute atomic E-state index is 4.14. The van der Waals surface area contributed by atoms with Crippen LogP contribution >= 0.6 is 0 Å². The number of hydrogen-bond donors (Lipinski definition) is 1. The van der Waals surface area contributed by atoms with E-state index in [0.29, 0.717) is 0 Å². The standard InChI is InChI=1S/C7H11N3.C2H6/c1-6-3-10-7(4-8-2)5-9-6;1-2/h3,5,8H,4H2,1-2H3;1-2H3. The van der Waals surface area contributed by atoms with Crippen LogP contribution in [0.25, 0.3) is 0 Å². The van der Waals surface area contributed by atoms with Gasteiger partial charge >= 0.3 is 0 Å². The monoisotopic (exact) mass is 167 g/mol. The number of nitrogens with one attached hydrogen (secondary N) is 1. The maximum Gasteiger partial charge on any atom is 0.0724 e. The van der Waals surface area contributed by atoms with Crippen molar-refractivity contribution in [3.05, 3.63) is 23.8 Å². The summed E-state index contributed by atoms with van der Waals surface area (Å²) in [5.74, 6) is 0. The summed E-state index contributed by atoms with van der Waals surface area (Å²) in [6.45, 7) is 6.71. The molecule has 1 heterocycles. The minimum absolute atomic E-state index is 0.785. The van der Waals surface area contributed by atoms with Crippen molar-refractivity contribution in [3.63, 3.8) is 0 Å². The molecule has 0 saturated heterocycles. The van der Waals surface area contributed by atoms with Crippen LogP contribution in [0.15, 0.2) is 12.4 Å². The van der Waals surface area contributed by atoms with Crippen molar-refractivity contribution in [1.29, 1.82) is 0 Å². The number of aromatic nitrogens is 2. The summed E-state index contributed by atoms with van der Waals surface area (Å²) in [7, 11) is 1.89. The zero-order chi connectivity index (χ0) is 9.40. The van der Waals surface area contributed by atoms with Crippen molar-refractivity contribution in [2.75, 3.05) is 7.05 Å². The summed E-state index contributed by atoms with van der Waals surface area (Å²) in [6, 6.07) is 0. The molecule has 0 atom stereocenters. The van der Waals surface area contributed by atoms with Gasteiger partial charge in [-0.3, -0.25) is 9.97 Å². The van der Waals surface area contributed by atoms with Crippen LogP contribution in [0.5, 0.6) is 0 Å². The van der Waals surface area contributed by atoms with Crippen molar-refractivity contribution in [2.45, 2.75) is 27.3 Å². The minimum atomic E-state index is 0.785. The highest BCUT2D eigenvalue weighted by Crippen LogP contribution is 1.91. The zero-order valence-electron chi connectivity index (χ0n) is 8.26. The molecule has 0 aliphatic rings. The number of aryl methyl sites for hydroxylation is 1. The Morgan fingerprint density at radius 3 is 2.33 bits per heavy atom. The Balaban J connectivity index is 0.000000561. The van der Waals surface area contributed by atoms with E-state index in [-0.39, 0.29) is 0 Å². The number of nitrogens with zero attached hydrogens (tertiary/aromatic N) is 2. The van der Waals surface area contributed by atoms with Crippen LogP contribution in [0.2, 0.25) is 0 Å². The van der Waals surface area contributed by atoms with Crippen LogP contribution in [-0.2, 0) is 6.54 Å². The van der Waals surface area contributed by atoms with Gasteiger partial charge in [0, 0.05) is 18.9 Å². The van der Waals surface area contributed by atoms with E-state index in [1.807, 2.05) is 27.8 Å². The van der Waals surface area contributed by atoms with Crippen LogP contribution in [-0.4, -0.2) is 17.0 Å². The Kier molecular flexibility index (Phi) is 6.19. The lowest BCUT2D eigenvalue weighted by atomic mass is 10.4. The Labute approximate surface area is 74.3 Å². The first kappa shape index (κ1) is 11.0. The summed E-state index contributed by atoms with van der Waals surface area (Å²) >= 11 is 0.